The van der Waals surface area contributed by atoms with E-state index in [9.17, 15) is 4.79 Å². The Hall–Kier alpha value is -3.01. The molecule has 0 fully saturated rings. The molecule has 0 radical (unpaired) electrons. The molecule has 0 aliphatic carbocycles. The van der Waals surface area contributed by atoms with Gasteiger partial charge in [0.25, 0.3) is 5.91 Å². The lowest BCUT2D eigenvalue weighted by Gasteiger charge is -2.05. The van der Waals surface area contributed by atoms with Gasteiger partial charge in [-0.2, -0.15) is 0 Å². The molecule has 4 nitrogen and oxygen atoms in total. The van der Waals surface area contributed by atoms with Gasteiger partial charge in [-0.05, 0) is 29.8 Å². The molecule has 2 heterocycles. The number of nitrogens with zero attached hydrogens (tertiary/aromatic N) is 2. The second-order valence-electron chi connectivity index (χ2n) is 4.49. The summed E-state index contributed by atoms with van der Waals surface area (Å²) in [6, 6.07) is 17.0. The summed E-state index contributed by atoms with van der Waals surface area (Å²) in [4.78, 5) is 20.1. The van der Waals surface area contributed by atoms with Crippen LogP contribution in [0.3, 0.4) is 0 Å². The highest BCUT2D eigenvalue weighted by atomic mass is 16.1. The van der Waals surface area contributed by atoms with Gasteiger partial charge in [-0.1, -0.05) is 30.3 Å². The maximum atomic E-state index is 12.0. The van der Waals surface area contributed by atoms with Gasteiger partial charge in [0.1, 0.15) is 5.82 Å². The molecule has 0 spiro atoms. The van der Waals surface area contributed by atoms with Crippen molar-refractivity contribution < 1.29 is 4.79 Å². The van der Waals surface area contributed by atoms with Gasteiger partial charge in [-0.3, -0.25) is 9.78 Å². The number of amides is 1. The zero-order valence-corrected chi connectivity index (χ0v) is 11.2. The maximum Gasteiger partial charge on any atom is 0.256 e. The first kappa shape index (κ1) is 13.0. The summed E-state index contributed by atoms with van der Waals surface area (Å²) in [5.74, 6) is 0.328. The van der Waals surface area contributed by atoms with E-state index in [1.807, 2.05) is 36.4 Å². The summed E-state index contributed by atoms with van der Waals surface area (Å²) in [6.45, 7) is 0. The second kappa shape index (κ2) is 5.96. The SMILES string of the molecule is O=C(Nc1ccc(-c2ccccc2)cn1)c1ccncc1. The average molecular weight is 275 g/mol. The number of benzene rings is 1. The van der Waals surface area contributed by atoms with Crippen molar-refractivity contribution in [2.45, 2.75) is 0 Å². The molecule has 102 valence electrons. The van der Waals surface area contributed by atoms with Gasteiger partial charge in [-0.15, -0.1) is 0 Å². The lowest BCUT2D eigenvalue weighted by atomic mass is 10.1. The average Bonchev–Trinajstić information content (AvgIpc) is 2.57. The van der Waals surface area contributed by atoms with Crippen molar-refractivity contribution in [2.75, 3.05) is 5.32 Å². The van der Waals surface area contributed by atoms with Crippen molar-refractivity contribution in [3.05, 3.63) is 78.8 Å². The first-order valence-electron chi connectivity index (χ1n) is 6.56. The Kier molecular flexibility index (Phi) is 3.69. The van der Waals surface area contributed by atoms with Crippen LogP contribution in [0.15, 0.2) is 73.2 Å². The lowest BCUT2D eigenvalue weighted by molar-refractivity contribution is 0.102. The molecule has 0 atom stereocenters. The van der Waals surface area contributed by atoms with E-state index in [0.717, 1.165) is 11.1 Å². The van der Waals surface area contributed by atoms with E-state index < -0.39 is 0 Å². The van der Waals surface area contributed by atoms with Gasteiger partial charge in [0.15, 0.2) is 0 Å². The number of aromatic nitrogens is 2. The van der Waals surface area contributed by atoms with Gasteiger partial charge in [0, 0.05) is 29.7 Å². The van der Waals surface area contributed by atoms with Crippen LogP contribution in [0.1, 0.15) is 10.4 Å². The molecule has 4 heteroatoms. The molecule has 1 N–H and O–H groups in total. The summed E-state index contributed by atoms with van der Waals surface area (Å²) in [7, 11) is 0. The molecule has 3 rings (SSSR count). The summed E-state index contributed by atoms with van der Waals surface area (Å²) in [6.07, 6.45) is 4.92. The molecule has 1 amide bonds. The van der Waals surface area contributed by atoms with Gasteiger partial charge in [-0.25, -0.2) is 4.98 Å². The van der Waals surface area contributed by atoms with Crippen LogP contribution >= 0.6 is 0 Å². The molecular formula is C17H13N3O. The van der Waals surface area contributed by atoms with E-state index in [0.29, 0.717) is 11.4 Å². The van der Waals surface area contributed by atoms with Crippen molar-refractivity contribution in [2.24, 2.45) is 0 Å². The van der Waals surface area contributed by atoms with Crippen LogP contribution in [0.5, 0.6) is 0 Å². The monoisotopic (exact) mass is 275 g/mol. The van der Waals surface area contributed by atoms with Gasteiger partial charge < -0.3 is 5.32 Å². The number of anilines is 1. The quantitative estimate of drug-likeness (QED) is 0.797. The predicted molar refractivity (Wildman–Crippen MR) is 81.9 cm³/mol. The number of pyridine rings is 2. The molecule has 1 aromatic carbocycles. The zero-order chi connectivity index (χ0) is 14.5. The molecule has 0 aliphatic heterocycles. The Bertz CT molecular complexity index is 725. The van der Waals surface area contributed by atoms with Crippen molar-refractivity contribution in [3.8, 4) is 11.1 Å². The Morgan fingerprint density at radius 1 is 0.857 bits per heavy atom. The van der Waals surface area contributed by atoms with E-state index in [1.165, 1.54) is 0 Å². The fraction of sp³-hybridized carbons (Fsp3) is 0. The fourth-order valence-electron chi connectivity index (χ4n) is 1.96. The molecule has 0 unspecified atom stereocenters. The van der Waals surface area contributed by atoms with Crippen LogP contribution in [0.4, 0.5) is 5.82 Å². The molecule has 0 aliphatic rings. The maximum absolute atomic E-state index is 12.0. The number of nitrogens with one attached hydrogen (secondary N) is 1. The first-order chi connectivity index (χ1) is 10.3. The van der Waals surface area contributed by atoms with E-state index in [1.54, 1.807) is 36.8 Å². The number of carbonyl (C=O) groups is 1. The molecule has 21 heavy (non-hydrogen) atoms. The minimum Gasteiger partial charge on any atom is -0.307 e. The van der Waals surface area contributed by atoms with E-state index in [2.05, 4.69) is 15.3 Å². The highest BCUT2D eigenvalue weighted by molar-refractivity contribution is 6.03. The van der Waals surface area contributed by atoms with Gasteiger partial charge in [0.2, 0.25) is 0 Å². The first-order valence-corrected chi connectivity index (χ1v) is 6.56. The molecule has 0 bridgehead atoms. The zero-order valence-electron chi connectivity index (χ0n) is 11.2. The van der Waals surface area contributed by atoms with Crippen LogP contribution in [-0.2, 0) is 0 Å². The third-order valence-electron chi connectivity index (χ3n) is 3.05. The van der Waals surface area contributed by atoms with Crippen molar-refractivity contribution in [3.63, 3.8) is 0 Å². The molecule has 3 aromatic rings. The van der Waals surface area contributed by atoms with Crippen LogP contribution in [-0.4, -0.2) is 15.9 Å². The smallest absolute Gasteiger partial charge is 0.256 e. The Labute approximate surface area is 122 Å². The summed E-state index contributed by atoms with van der Waals surface area (Å²) in [5, 5.41) is 2.76. The third kappa shape index (κ3) is 3.12. The number of carbonyl (C=O) groups excluding carboxylic acids is 1. The number of hydrogen-bond donors (Lipinski definition) is 1. The van der Waals surface area contributed by atoms with Crippen molar-refractivity contribution in [1.82, 2.24) is 9.97 Å². The second-order valence-corrected chi connectivity index (χ2v) is 4.49. The highest BCUT2D eigenvalue weighted by Crippen LogP contribution is 2.19. The minimum atomic E-state index is -0.197. The molecule has 2 aromatic heterocycles. The fourth-order valence-corrected chi connectivity index (χ4v) is 1.96. The van der Waals surface area contributed by atoms with Crippen molar-refractivity contribution in [1.29, 1.82) is 0 Å². The Balaban J connectivity index is 1.75. The summed E-state index contributed by atoms with van der Waals surface area (Å²) in [5.41, 5.74) is 2.66. The minimum absolute atomic E-state index is 0.197. The summed E-state index contributed by atoms with van der Waals surface area (Å²) < 4.78 is 0. The Morgan fingerprint density at radius 3 is 2.29 bits per heavy atom. The molecular weight excluding hydrogens is 262 g/mol. The van der Waals surface area contributed by atoms with Gasteiger partial charge in [0.05, 0.1) is 0 Å². The lowest BCUT2D eigenvalue weighted by Crippen LogP contribution is -2.12. The highest BCUT2D eigenvalue weighted by Gasteiger charge is 2.06. The number of hydrogen-bond acceptors (Lipinski definition) is 3. The van der Waals surface area contributed by atoms with Crippen molar-refractivity contribution >= 4 is 11.7 Å². The van der Waals surface area contributed by atoms with Crippen LogP contribution in [0.25, 0.3) is 11.1 Å². The van der Waals surface area contributed by atoms with Crippen LogP contribution in [0.2, 0.25) is 0 Å². The van der Waals surface area contributed by atoms with E-state index in [4.69, 9.17) is 0 Å². The largest absolute Gasteiger partial charge is 0.307 e. The van der Waals surface area contributed by atoms with E-state index in [-0.39, 0.29) is 5.91 Å². The Morgan fingerprint density at radius 2 is 1.62 bits per heavy atom. The van der Waals surface area contributed by atoms with Crippen LogP contribution < -0.4 is 5.32 Å². The van der Waals surface area contributed by atoms with Crippen LogP contribution in [0, 0.1) is 0 Å². The van der Waals surface area contributed by atoms with E-state index >= 15 is 0 Å². The summed E-state index contributed by atoms with van der Waals surface area (Å²) >= 11 is 0. The van der Waals surface area contributed by atoms with Gasteiger partial charge >= 0.3 is 0 Å². The standard InChI is InChI=1S/C17H13N3O/c21-17(14-8-10-18-11-9-14)20-16-7-6-15(12-19-16)13-4-2-1-3-5-13/h1-12H,(H,19,20,21). The normalized spacial score (nSPS) is 10.1. The molecule has 0 saturated carbocycles. The predicted octanol–water partition coefficient (Wildman–Crippen LogP) is 3.40. The third-order valence-corrected chi connectivity index (χ3v) is 3.05. The topological polar surface area (TPSA) is 54.9 Å². The molecule has 0 saturated heterocycles. The number of rotatable bonds is 3.